The second-order valence-corrected chi connectivity index (χ2v) is 3.41. The van der Waals surface area contributed by atoms with Crippen molar-refractivity contribution in [2.75, 3.05) is 26.2 Å². The molecule has 0 amide bonds. The van der Waals surface area contributed by atoms with Crippen molar-refractivity contribution in [3.8, 4) is 12.1 Å². The summed E-state index contributed by atoms with van der Waals surface area (Å²) >= 11 is 0. The van der Waals surface area contributed by atoms with E-state index in [-0.39, 0.29) is 0 Å². The molecule has 0 spiro atoms. The van der Waals surface area contributed by atoms with E-state index in [1.165, 1.54) is 0 Å². The van der Waals surface area contributed by atoms with Crippen molar-refractivity contribution in [1.29, 1.82) is 10.5 Å². The van der Waals surface area contributed by atoms with Gasteiger partial charge in [0.15, 0.2) is 0 Å². The third kappa shape index (κ3) is 1.48. The number of hydrogen-bond donors (Lipinski definition) is 0. The van der Waals surface area contributed by atoms with Crippen LogP contribution in [0.3, 0.4) is 0 Å². The molecule has 14 heavy (non-hydrogen) atoms. The number of hydrogen-bond acceptors (Lipinski definition) is 4. The SMILES string of the molecule is CCN1CCCN(CC)C1(C#N)C#N. The van der Waals surface area contributed by atoms with Crippen LogP contribution in [0, 0.1) is 22.7 Å². The van der Waals surface area contributed by atoms with Crippen LogP contribution in [0.4, 0.5) is 0 Å². The summed E-state index contributed by atoms with van der Waals surface area (Å²) in [6.07, 6.45) is 1.03. The fourth-order valence-corrected chi connectivity index (χ4v) is 2.06. The molecule has 0 N–H and O–H groups in total. The summed E-state index contributed by atoms with van der Waals surface area (Å²) in [6.45, 7) is 7.16. The highest BCUT2D eigenvalue weighted by Crippen LogP contribution is 2.24. The molecule has 0 aromatic rings. The van der Waals surface area contributed by atoms with Gasteiger partial charge < -0.3 is 0 Å². The van der Waals surface area contributed by atoms with Crippen LogP contribution in [-0.2, 0) is 0 Å². The van der Waals surface area contributed by atoms with E-state index < -0.39 is 5.66 Å². The van der Waals surface area contributed by atoms with E-state index in [2.05, 4.69) is 12.1 Å². The lowest BCUT2D eigenvalue weighted by Crippen LogP contribution is -2.62. The summed E-state index contributed by atoms with van der Waals surface area (Å²) in [5.74, 6) is 0. The minimum absolute atomic E-state index is 0.748. The molecule has 1 heterocycles. The number of nitrogens with zero attached hydrogens (tertiary/aromatic N) is 4. The second kappa shape index (κ2) is 4.41. The van der Waals surface area contributed by atoms with Crippen LogP contribution in [0.1, 0.15) is 20.3 Å². The average Bonchev–Trinajstić information content (AvgIpc) is 2.27. The summed E-state index contributed by atoms with van der Waals surface area (Å²) in [7, 11) is 0. The van der Waals surface area contributed by atoms with Crippen LogP contribution in [0.5, 0.6) is 0 Å². The maximum atomic E-state index is 9.19. The van der Waals surface area contributed by atoms with E-state index in [4.69, 9.17) is 0 Å². The Morgan fingerprint density at radius 2 is 1.50 bits per heavy atom. The molecule has 1 rings (SSSR count). The van der Waals surface area contributed by atoms with Crippen molar-refractivity contribution in [2.45, 2.75) is 25.9 Å². The fourth-order valence-electron chi connectivity index (χ4n) is 2.06. The van der Waals surface area contributed by atoms with Crippen molar-refractivity contribution >= 4 is 0 Å². The van der Waals surface area contributed by atoms with Gasteiger partial charge in [0, 0.05) is 13.1 Å². The molecular formula is C10H16N4. The predicted molar refractivity (Wildman–Crippen MR) is 53.1 cm³/mol. The van der Waals surface area contributed by atoms with Gasteiger partial charge in [-0.05, 0) is 19.5 Å². The van der Waals surface area contributed by atoms with E-state index in [1.54, 1.807) is 0 Å². The minimum atomic E-state index is -1.03. The molecule has 0 atom stereocenters. The summed E-state index contributed by atoms with van der Waals surface area (Å²) < 4.78 is 0. The van der Waals surface area contributed by atoms with Crippen molar-refractivity contribution in [3.63, 3.8) is 0 Å². The molecule has 1 saturated heterocycles. The highest BCUT2D eigenvalue weighted by molar-refractivity contribution is 5.22. The topological polar surface area (TPSA) is 54.1 Å². The Kier molecular flexibility index (Phi) is 3.46. The van der Waals surface area contributed by atoms with Crippen molar-refractivity contribution in [3.05, 3.63) is 0 Å². The Balaban J connectivity index is 3.01. The zero-order chi connectivity index (χ0) is 10.6. The van der Waals surface area contributed by atoms with Gasteiger partial charge in [-0.1, -0.05) is 13.8 Å². The molecule has 4 heteroatoms. The molecule has 0 aliphatic carbocycles. The van der Waals surface area contributed by atoms with Gasteiger partial charge >= 0.3 is 0 Å². The van der Waals surface area contributed by atoms with Gasteiger partial charge in [-0.2, -0.15) is 10.5 Å². The Morgan fingerprint density at radius 1 is 1.07 bits per heavy atom. The van der Waals surface area contributed by atoms with E-state index in [0.29, 0.717) is 0 Å². The Hall–Kier alpha value is -1.10. The van der Waals surface area contributed by atoms with Crippen LogP contribution in [0.25, 0.3) is 0 Å². The maximum absolute atomic E-state index is 9.19. The monoisotopic (exact) mass is 192 g/mol. The van der Waals surface area contributed by atoms with Gasteiger partial charge in [0.25, 0.3) is 5.66 Å². The van der Waals surface area contributed by atoms with Crippen molar-refractivity contribution in [1.82, 2.24) is 9.80 Å². The third-order valence-corrected chi connectivity index (χ3v) is 2.85. The molecule has 1 aliphatic heterocycles. The molecule has 76 valence electrons. The zero-order valence-corrected chi connectivity index (χ0v) is 8.82. The molecule has 0 aromatic carbocycles. The molecule has 0 unspecified atom stereocenters. The standard InChI is InChI=1S/C10H16N4/c1-3-13-6-5-7-14(4-2)10(13,8-11)9-12/h3-7H2,1-2H3. The largest absolute Gasteiger partial charge is 0.261 e. The summed E-state index contributed by atoms with van der Waals surface area (Å²) in [4.78, 5) is 3.89. The average molecular weight is 192 g/mol. The maximum Gasteiger partial charge on any atom is 0.252 e. The normalized spacial score (nSPS) is 22.6. The first kappa shape index (κ1) is 11.0. The minimum Gasteiger partial charge on any atom is -0.261 e. The van der Waals surface area contributed by atoms with Crippen LogP contribution in [0.15, 0.2) is 0 Å². The fraction of sp³-hybridized carbons (Fsp3) is 0.800. The lowest BCUT2D eigenvalue weighted by atomic mass is 10.0. The van der Waals surface area contributed by atoms with Crippen LogP contribution < -0.4 is 0 Å². The molecule has 0 saturated carbocycles. The van der Waals surface area contributed by atoms with Crippen LogP contribution in [-0.4, -0.2) is 41.6 Å². The molecule has 0 aromatic heterocycles. The van der Waals surface area contributed by atoms with Gasteiger partial charge in [0.1, 0.15) is 12.1 Å². The van der Waals surface area contributed by atoms with Gasteiger partial charge in [0.05, 0.1) is 0 Å². The Labute approximate surface area is 85.3 Å². The lowest BCUT2D eigenvalue weighted by Gasteiger charge is -2.44. The van der Waals surface area contributed by atoms with Crippen LogP contribution in [0.2, 0.25) is 0 Å². The van der Waals surface area contributed by atoms with Gasteiger partial charge in [-0.25, -0.2) is 0 Å². The Morgan fingerprint density at radius 3 is 1.79 bits per heavy atom. The van der Waals surface area contributed by atoms with E-state index in [9.17, 15) is 10.5 Å². The van der Waals surface area contributed by atoms with Gasteiger partial charge in [-0.15, -0.1) is 0 Å². The smallest absolute Gasteiger partial charge is 0.252 e. The van der Waals surface area contributed by atoms with Crippen molar-refractivity contribution in [2.24, 2.45) is 0 Å². The summed E-state index contributed by atoms with van der Waals surface area (Å²) in [6, 6.07) is 4.32. The first-order valence-corrected chi connectivity index (χ1v) is 5.07. The first-order valence-electron chi connectivity index (χ1n) is 5.07. The van der Waals surface area contributed by atoms with Gasteiger partial charge in [-0.3, -0.25) is 9.80 Å². The van der Waals surface area contributed by atoms with Gasteiger partial charge in [0.2, 0.25) is 0 Å². The molecule has 0 radical (unpaired) electrons. The van der Waals surface area contributed by atoms with E-state index in [0.717, 1.165) is 32.6 Å². The number of rotatable bonds is 2. The molecule has 1 fully saturated rings. The molecular weight excluding hydrogens is 176 g/mol. The van der Waals surface area contributed by atoms with Crippen molar-refractivity contribution < 1.29 is 0 Å². The molecule has 4 nitrogen and oxygen atoms in total. The molecule has 0 bridgehead atoms. The second-order valence-electron chi connectivity index (χ2n) is 3.41. The highest BCUT2D eigenvalue weighted by Gasteiger charge is 2.44. The third-order valence-electron chi connectivity index (χ3n) is 2.85. The zero-order valence-electron chi connectivity index (χ0n) is 8.82. The van der Waals surface area contributed by atoms with Crippen LogP contribution >= 0.6 is 0 Å². The first-order chi connectivity index (χ1) is 6.75. The molecule has 1 aliphatic rings. The quantitative estimate of drug-likeness (QED) is 0.648. The van der Waals surface area contributed by atoms with E-state index in [1.807, 2.05) is 23.6 Å². The van der Waals surface area contributed by atoms with E-state index >= 15 is 0 Å². The highest BCUT2D eigenvalue weighted by atomic mass is 15.4. The summed E-state index contributed by atoms with van der Waals surface area (Å²) in [5, 5.41) is 18.4. The predicted octanol–water partition coefficient (Wildman–Crippen LogP) is 0.777. The Bertz CT molecular complexity index is 245. The lowest BCUT2D eigenvalue weighted by molar-refractivity contribution is -0.00408. The summed E-state index contributed by atoms with van der Waals surface area (Å²) in [5.41, 5.74) is -1.03. The number of nitriles is 2.